The fraction of sp³-hybridized carbons (Fsp3) is 0.353. The summed E-state index contributed by atoms with van der Waals surface area (Å²) >= 11 is 0. The molecule has 3 heterocycles. The van der Waals surface area contributed by atoms with E-state index in [4.69, 9.17) is 4.74 Å². The minimum absolute atomic E-state index is 0.140. The minimum Gasteiger partial charge on any atom is -0.394 e. The molecule has 1 saturated heterocycles. The zero-order valence-electron chi connectivity index (χ0n) is 13.7. The number of aromatic nitrogens is 4. The standard InChI is InChI=1S/C17H18N4O5/c22-7-11-13(23)14(24)17(26-11)21-9-18-12-15(21)19-8-20(16(12)25)6-10-4-2-1-3-5-10/h1-5,8-9,11,13-14,17,22-24H,6-7H2/t11-,13+,14+,17-/m1/s1. The first kappa shape index (κ1) is 16.9. The van der Waals surface area contributed by atoms with Crippen molar-refractivity contribution in [2.45, 2.75) is 31.1 Å². The van der Waals surface area contributed by atoms with Gasteiger partial charge in [-0.25, -0.2) is 9.97 Å². The van der Waals surface area contributed by atoms with Crippen LogP contribution in [0.25, 0.3) is 11.2 Å². The summed E-state index contributed by atoms with van der Waals surface area (Å²) in [6.07, 6.45) is -1.64. The van der Waals surface area contributed by atoms with Gasteiger partial charge in [0.05, 0.1) is 19.5 Å². The van der Waals surface area contributed by atoms with Crippen LogP contribution in [-0.2, 0) is 11.3 Å². The van der Waals surface area contributed by atoms with E-state index in [0.29, 0.717) is 6.54 Å². The summed E-state index contributed by atoms with van der Waals surface area (Å²) in [6.45, 7) is -0.0675. The van der Waals surface area contributed by atoms with Crippen LogP contribution in [0.4, 0.5) is 0 Å². The highest BCUT2D eigenvalue weighted by Gasteiger charge is 2.44. The normalized spacial score (nSPS) is 25.8. The Labute approximate surface area is 147 Å². The first-order chi connectivity index (χ1) is 12.6. The molecule has 1 aliphatic heterocycles. The van der Waals surface area contributed by atoms with Crippen molar-refractivity contribution in [3.8, 4) is 0 Å². The zero-order valence-corrected chi connectivity index (χ0v) is 13.7. The summed E-state index contributed by atoms with van der Waals surface area (Å²) in [5, 5.41) is 29.3. The van der Waals surface area contributed by atoms with E-state index in [1.807, 2.05) is 30.3 Å². The molecule has 0 amide bonds. The molecule has 0 spiro atoms. The van der Waals surface area contributed by atoms with Gasteiger partial charge >= 0.3 is 0 Å². The van der Waals surface area contributed by atoms with Crippen LogP contribution in [0.5, 0.6) is 0 Å². The van der Waals surface area contributed by atoms with E-state index in [1.165, 1.54) is 21.8 Å². The van der Waals surface area contributed by atoms with Crippen molar-refractivity contribution in [1.29, 1.82) is 0 Å². The first-order valence-corrected chi connectivity index (χ1v) is 8.18. The van der Waals surface area contributed by atoms with Crippen LogP contribution >= 0.6 is 0 Å². The third kappa shape index (κ3) is 2.71. The Morgan fingerprint density at radius 2 is 1.85 bits per heavy atom. The number of fused-ring (bicyclic) bond motifs is 1. The lowest BCUT2D eigenvalue weighted by molar-refractivity contribution is -0.0511. The largest absolute Gasteiger partial charge is 0.394 e. The molecule has 4 rings (SSSR count). The third-order valence-corrected chi connectivity index (χ3v) is 4.54. The van der Waals surface area contributed by atoms with Crippen molar-refractivity contribution < 1.29 is 20.1 Å². The van der Waals surface area contributed by atoms with Gasteiger partial charge in [0.2, 0.25) is 0 Å². The maximum Gasteiger partial charge on any atom is 0.281 e. The first-order valence-electron chi connectivity index (χ1n) is 8.18. The summed E-state index contributed by atoms with van der Waals surface area (Å²) in [6, 6.07) is 9.50. The second kappa shape index (κ2) is 6.61. The number of aliphatic hydroxyl groups excluding tert-OH is 3. The number of nitrogens with zero attached hydrogens (tertiary/aromatic N) is 4. The Kier molecular flexibility index (Phi) is 4.29. The molecule has 3 aromatic rings. The average Bonchev–Trinajstić information content (AvgIpc) is 3.20. The van der Waals surface area contributed by atoms with E-state index < -0.39 is 31.1 Å². The van der Waals surface area contributed by atoms with E-state index in [-0.39, 0.29) is 16.7 Å². The Morgan fingerprint density at radius 3 is 2.54 bits per heavy atom. The van der Waals surface area contributed by atoms with E-state index in [0.717, 1.165) is 5.56 Å². The molecule has 1 aliphatic rings. The van der Waals surface area contributed by atoms with Gasteiger partial charge in [0, 0.05) is 0 Å². The van der Waals surface area contributed by atoms with E-state index in [1.54, 1.807) is 0 Å². The maximum atomic E-state index is 12.7. The topological polar surface area (TPSA) is 123 Å². The second-order valence-electron chi connectivity index (χ2n) is 6.22. The number of rotatable bonds is 4. The van der Waals surface area contributed by atoms with Gasteiger partial charge in [-0.05, 0) is 5.56 Å². The fourth-order valence-corrected chi connectivity index (χ4v) is 3.13. The Balaban J connectivity index is 1.70. The molecule has 0 unspecified atom stereocenters. The van der Waals surface area contributed by atoms with Gasteiger partial charge in [0.25, 0.3) is 5.56 Å². The number of hydrogen-bond acceptors (Lipinski definition) is 7. The Morgan fingerprint density at radius 1 is 1.08 bits per heavy atom. The summed E-state index contributed by atoms with van der Waals surface area (Å²) < 4.78 is 8.32. The molecule has 0 saturated carbocycles. The maximum absolute atomic E-state index is 12.7. The van der Waals surface area contributed by atoms with Crippen molar-refractivity contribution >= 4 is 11.2 Å². The molecule has 0 radical (unpaired) electrons. The number of ether oxygens (including phenoxy) is 1. The molecular weight excluding hydrogens is 340 g/mol. The fourth-order valence-electron chi connectivity index (χ4n) is 3.13. The molecule has 9 nitrogen and oxygen atoms in total. The molecule has 1 fully saturated rings. The van der Waals surface area contributed by atoms with Crippen LogP contribution in [0, 0.1) is 0 Å². The van der Waals surface area contributed by atoms with Crippen molar-refractivity contribution in [3.05, 3.63) is 58.9 Å². The van der Waals surface area contributed by atoms with Gasteiger partial charge in [-0.1, -0.05) is 30.3 Å². The van der Waals surface area contributed by atoms with Gasteiger partial charge in [0.1, 0.15) is 24.6 Å². The molecular formula is C17H18N4O5. The molecule has 26 heavy (non-hydrogen) atoms. The summed E-state index contributed by atoms with van der Waals surface area (Å²) in [5.74, 6) is 0. The minimum atomic E-state index is -1.27. The highest BCUT2D eigenvalue weighted by molar-refractivity contribution is 5.69. The number of aliphatic hydroxyl groups is 3. The molecule has 0 bridgehead atoms. The molecule has 1 aromatic carbocycles. The third-order valence-electron chi connectivity index (χ3n) is 4.54. The molecule has 3 N–H and O–H groups in total. The summed E-state index contributed by atoms with van der Waals surface area (Å²) in [4.78, 5) is 21.1. The van der Waals surface area contributed by atoms with Crippen LogP contribution in [0.2, 0.25) is 0 Å². The van der Waals surface area contributed by atoms with Gasteiger partial charge in [-0.2, -0.15) is 0 Å². The quantitative estimate of drug-likeness (QED) is 0.561. The lowest BCUT2D eigenvalue weighted by Crippen LogP contribution is -2.33. The molecule has 2 aromatic heterocycles. The molecule has 4 atom stereocenters. The van der Waals surface area contributed by atoms with Gasteiger partial charge < -0.3 is 20.1 Å². The van der Waals surface area contributed by atoms with Gasteiger partial charge in [-0.15, -0.1) is 0 Å². The molecule has 9 heteroatoms. The second-order valence-corrected chi connectivity index (χ2v) is 6.22. The van der Waals surface area contributed by atoms with E-state index in [9.17, 15) is 20.1 Å². The SMILES string of the molecule is O=c1c2ncn([C@@H]3O[C@H](CO)[C@H](O)[C@@H]3O)c2ncn1Cc1ccccc1. The molecule has 136 valence electrons. The highest BCUT2D eigenvalue weighted by atomic mass is 16.6. The predicted molar refractivity (Wildman–Crippen MR) is 90.3 cm³/mol. The van der Waals surface area contributed by atoms with Crippen molar-refractivity contribution in [2.75, 3.05) is 6.61 Å². The monoisotopic (exact) mass is 358 g/mol. The molecule has 0 aliphatic carbocycles. The average molecular weight is 358 g/mol. The van der Waals surface area contributed by atoms with Crippen LogP contribution < -0.4 is 5.56 Å². The predicted octanol–water partition coefficient (Wildman–Crippen LogP) is -0.747. The number of imidazole rings is 1. The Bertz CT molecular complexity index is 970. The number of hydrogen-bond donors (Lipinski definition) is 3. The van der Waals surface area contributed by atoms with Crippen LogP contribution in [-0.4, -0.2) is 59.3 Å². The van der Waals surface area contributed by atoms with Crippen molar-refractivity contribution in [3.63, 3.8) is 0 Å². The Hall–Kier alpha value is -2.59. The van der Waals surface area contributed by atoms with Crippen LogP contribution in [0.3, 0.4) is 0 Å². The van der Waals surface area contributed by atoms with Gasteiger partial charge in [-0.3, -0.25) is 13.9 Å². The summed E-state index contributed by atoms with van der Waals surface area (Å²) in [5.41, 5.74) is 1.03. The van der Waals surface area contributed by atoms with Gasteiger partial charge in [0.15, 0.2) is 17.4 Å². The van der Waals surface area contributed by atoms with Crippen LogP contribution in [0.15, 0.2) is 47.8 Å². The number of benzene rings is 1. The lowest BCUT2D eigenvalue weighted by atomic mass is 10.1. The van der Waals surface area contributed by atoms with E-state index >= 15 is 0 Å². The smallest absolute Gasteiger partial charge is 0.281 e. The highest BCUT2D eigenvalue weighted by Crippen LogP contribution is 2.30. The van der Waals surface area contributed by atoms with E-state index in [2.05, 4.69) is 9.97 Å². The lowest BCUT2D eigenvalue weighted by Gasteiger charge is -2.16. The van der Waals surface area contributed by atoms with Crippen LogP contribution in [0.1, 0.15) is 11.8 Å². The van der Waals surface area contributed by atoms with Crippen molar-refractivity contribution in [2.24, 2.45) is 0 Å². The summed E-state index contributed by atoms with van der Waals surface area (Å²) in [7, 11) is 0. The van der Waals surface area contributed by atoms with Crippen molar-refractivity contribution in [1.82, 2.24) is 19.1 Å². The zero-order chi connectivity index (χ0) is 18.3.